The van der Waals surface area contributed by atoms with E-state index < -0.39 is 10.0 Å². The van der Waals surface area contributed by atoms with Crippen LogP contribution in [-0.4, -0.2) is 26.7 Å². The van der Waals surface area contributed by atoms with Crippen LogP contribution in [-0.2, 0) is 10.0 Å². The smallest absolute Gasteiger partial charge is 0.242 e. The van der Waals surface area contributed by atoms with Gasteiger partial charge >= 0.3 is 0 Å². The lowest BCUT2D eigenvalue weighted by molar-refractivity contribution is 0.289. The molecule has 84 valence electrons. The lowest BCUT2D eigenvalue weighted by Gasteiger charge is -2.06. The van der Waals surface area contributed by atoms with Gasteiger partial charge in [-0.25, -0.2) is 13.1 Å². The molecule has 15 heavy (non-hydrogen) atoms. The van der Waals surface area contributed by atoms with Crippen LogP contribution in [0.5, 0.6) is 0 Å². The van der Waals surface area contributed by atoms with Crippen LogP contribution in [0, 0.1) is 0 Å². The Hall–Kier alpha value is -0.620. The highest BCUT2D eigenvalue weighted by Gasteiger charge is 2.15. The molecule has 0 saturated heterocycles. The first-order valence-corrected chi connectivity index (χ1v) is 6.29. The second kappa shape index (κ2) is 5.46. The number of aliphatic hydroxyl groups is 1. The molecular formula is C9H12ClNO3S. The topological polar surface area (TPSA) is 66.4 Å². The molecule has 0 radical (unpaired) electrons. The minimum Gasteiger partial charge on any atom is -0.396 e. The van der Waals surface area contributed by atoms with Crippen molar-refractivity contribution in [1.82, 2.24) is 4.72 Å². The first kappa shape index (κ1) is 12.4. The number of hydrogen-bond acceptors (Lipinski definition) is 3. The number of nitrogens with one attached hydrogen (secondary N) is 1. The Kier molecular flexibility index (Phi) is 4.53. The standard InChI is InChI=1S/C9H12ClNO3S/c10-8-4-1-2-5-9(8)15(13,14)11-6-3-7-12/h1-2,4-5,11-12H,3,6-7H2. The van der Waals surface area contributed by atoms with E-state index in [0.717, 1.165) is 0 Å². The molecule has 4 nitrogen and oxygen atoms in total. The molecule has 0 atom stereocenters. The van der Waals surface area contributed by atoms with Crippen molar-refractivity contribution in [2.24, 2.45) is 0 Å². The van der Waals surface area contributed by atoms with Crippen LogP contribution in [0.1, 0.15) is 6.42 Å². The van der Waals surface area contributed by atoms with E-state index in [-0.39, 0.29) is 23.1 Å². The fourth-order valence-corrected chi connectivity index (χ4v) is 2.62. The number of aliphatic hydroxyl groups excluding tert-OH is 1. The third-order valence-corrected chi connectivity index (χ3v) is 3.71. The van der Waals surface area contributed by atoms with Gasteiger partial charge < -0.3 is 5.11 Å². The molecular weight excluding hydrogens is 238 g/mol. The van der Waals surface area contributed by atoms with Gasteiger partial charge in [-0.05, 0) is 18.6 Å². The molecule has 0 spiro atoms. The van der Waals surface area contributed by atoms with Crippen molar-refractivity contribution in [3.8, 4) is 0 Å². The minimum absolute atomic E-state index is 0.0506. The maximum absolute atomic E-state index is 11.7. The van der Waals surface area contributed by atoms with Crippen LogP contribution in [0.15, 0.2) is 29.2 Å². The molecule has 0 bridgehead atoms. The Morgan fingerprint density at radius 2 is 2.00 bits per heavy atom. The van der Waals surface area contributed by atoms with Crippen molar-refractivity contribution in [1.29, 1.82) is 0 Å². The van der Waals surface area contributed by atoms with Crippen LogP contribution in [0.4, 0.5) is 0 Å². The third kappa shape index (κ3) is 3.46. The molecule has 0 aromatic heterocycles. The molecule has 6 heteroatoms. The van der Waals surface area contributed by atoms with Gasteiger partial charge in [0.25, 0.3) is 0 Å². The van der Waals surface area contributed by atoms with Crippen LogP contribution in [0.25, 0.3) is 0 Å². The monoisotopic (exact) mass is 249 g/mol. The van der Waals surface area contributed by atoms with Gasteiger partial charge in [-0.1, -0.05) is 23.7 Å². The van der Waals surface area contributed by atoms with Gasteiger partial charge in [0.05, 0.1) is 5.02 Å². The molecule has 0 fully saturated rings. The van der Waals surface area contributed by atoms with Crippen LogP contribution in [0.3, 0.4) is 0 Å². The average Bonchev–Trinajstić information content (AvgIpc) is 2.18. The maximum atomic E-state index is 11.7. The summed E-state index contributed by atoms with van der Waals surface area (Å²) in [6.45, 7) is 0.148. The Labute approximate surface area is 93.9 Å². The Morgan fingerprint density at radius 1 is 1.33 bits per heavy atom. The van der Waals surface area contributed by atoms with E-state index in [2.05, 4.69) is 4.72 Å². The second-order valence-corrected chi connectivity index (χ2v) is 5.05. The highest BCUT2D eigenvalue weighted by molar-refractivity contribution is 7.89. The van der Waals surface area contributed by atoms with E-state index in [1.54, 1.807) is 12.1 Å². The zero-order chi connectivity index (χ0) is 11.3. The Morgan fingerprint density at radius 3 is 2.60 bits per heavy atom. The zero-order valence-electron chi connectivity index (χ0n) is 7.98. The fraction of sp³-hybridized carbons (Fsp3) is 0.333. The van der Waals surface area contributed by atoms with E-state index in [0.29, 0.717) is 6.42 Å². The molecule has 0 amide bonds. The predicted octanol–water partition coefficient (Wildman–Crippen LogP) is 1.00. The average molecular weight is 250 g/mol. The van der Waals surface area contributed by atoms with Gasteiger partial charge in [0, 0.05) is 13.2 Å². The molecule has 0 saturated carbocycles. The van der Waals surface area contributed by atoms with Gasteiger partial charge in [0.2, 0.25) is 10.0 Å². The van der Waals surface area contributed by atoms with Crippen LogP contribution in [0.2, 0.25) is 5.02 Å². The number of hydrogen-bond donors (Lipinski definition) is 2. The summed E-state index contributed by atoms with van der Waals surface area (Å²) in [7, 11) is -3.56. The maximum Gasteiger partial charge on any atom is 0.242 e. The molecule has 0 aliphatic heterocycles. The molecule has 2 N–H and O–H groups in total. The summed E-state index contributed by atoms with van der Waals surface area (Å²) in [5.41, 5.74) is 0. The van der Waals surface area contributed by atoms with Gasteiger partial charge in [-0.3, -0.25) is 0 Å². The Bertz CT molecular complexity index is 419. The molecule has 1 aromatic carbocycles. The fourth-order valence-electron chi connectivity index (χ4n) is 1.03. The van der Waals surface area contributed by atoms with E-state index in [1.807, 2.05) is 0 Å². The Balaban J connectivity index is 2.83. The lowest BCUT2D eigenvalue weighted by atomic mass is 10.4. The summed E-state index contributed by atoms with van der Waals surface area (Å²) in [6, 6.07) is 6.22. The molecule has 0 aliphatic carbocycles. The molecule has 0 unspecified atom stereocenters. The largest absolute Gasteiger partial charge is 0.396 e. The van der Waals surface area contributed by atoms with Crippen molar-refractivity contribution in [3.05, 3.63) is 29.3 Å². The summed E-state index contributed by atoms with van der Waals surface area (Å²) in [5.74, 6) is 0. The lowest BCUT2D eigenvalue weighted by Crippen LogP contribution is -2.25. The van der Waals surface area contributed by atoms with E-state index in [9.17, 15) is 8.42 Å². The molecule has 0 aliphatic rings. The van der Waals surface area contributed by atoms with Crippen LogP contribution >= 0.6 is 11.6 Å². The van der Waals surface area contributed by atoms with Gasteiger partial charge in [-0.2, -0.15) is 0 Å². The second-order valence-electron chi connectivity index (χ2n) is 2.91. The highest BCUT2D eigenvalue weighted by Crippen LogP contribution is 2.19. The quantitative estimate of drug-likeness (QED) is 0.766. The third-order valence-electron chi connectivity index (χ3n) is 1.75. The van der Waals surface area contributed by atoms with Crippen molar-refractivity contribution < 1.29 is 13.5 Å². The first-order chi connectivity index (χ1) is 7.08. The minimum atomic E-state index is -3.56. The van der Waals surface area contributed by atoms with Crippen LogP contribution < -0.4 is 4.72 Å². The number of halogens is 1. The van der Waals surface area contributed by atoms with E-state index >= 15 is 0 Å². The van der Waals surface area contributed by atoms with Gasteiger partial charge in [-0.15, -0.1) is 0 Å². The molecule has 1 rings (SSSR count). The van der Waals surface area contributed by atoms with Crippen molar-refractivity contribution in [2.75, 3.05) is 13.2 Å². The normalized spacial score (nSPS) is 11.6. The van der Waals surface area contributed by atoms with Crippen molar-refractivity contribution in [2.45, 2.75) is 11.3 Å². The number of benzene rings is 1. The number of sulfonamides is 1. The first-order valence-electron chi connectivity index (χ1n) is 4.43. The molecule has 0 heterocycles. The highest BCUT2D eigenvalue weighted by atomic mass is 35.5. The summed E-state index contributed by atoms with van der Waals surface area (Å²) in [4.78, 5) is 0.0598. The summed E-state index contributed by atoms with van der Waals surface area (Å²) >= 11 is 5.75. The van der Waals surface area contributed by atoms with Crippen molar-refractivity contribution in [3.63, 3.8) is 0 Å². The van der Waals surface area contributed by atoms with E-state index in [1.165, 1.54) is 12.1 Å². The van der Waals surface area contributed by atoms with Gasteiger partial charge in [0.1, 0.15) is 4.90 Å². The van der Waals surface area contributed by atoms with E-state index in [4.69, 9.17) is 16.7 Å². The summed E-state index contributed by atoms with van der Waals surface area (Å²) in [6.07, 6.45) is 0.379. The summed E-state index contributed by atoms with van der Waals surface area (Å²) < 4.78 is 25.6. The number of rotatable bonds is 5. The predicted molar refractivity (Wildman–Crippen MR) is 58.3 cm³/mol. The van der Waals surface area contributed by atoms with Gasteiger partial charge in [0.15, 0.2) is 0 Å². The SMILES string of the molecule is O=S(=O)(NCCCO)c1ccccc1Cl. The summed E-state index contributed by atoms with van der Waals surface area (Å²) in [5, 5.41) is 8.72. The zero-order valence-corrected chi connectivity index (χ0v) is 9.55. The van der Waals surface area contributed by atoms with Crippen molar-refractivity contribution >= 4 is 21.6 Å². The molecule has 1 aromatic rings.